The van der Waals surface area contributed by atoms with Gasteiger partial charge in [0.15, 0.2) is 0 Å². The zero-order chi connectivity index (χ0) is 17.6. The number of amides is 2. The third-order valence-electron chi connectivity index (χ3n) is 4.68. The van der Waals surface area contributed by atoms with E-state index in [4.69, 9.17) is 4.74 Å². The fourth-order valence-corrected chi connectivity index (χ4v) is 3.11. The highest BCUT2D eigenvalue weighted by molar-refractivity contribution is 5.91. The minimum absolute atomic E-state index is 0.0640. The molecule has 1 saturated carbocycles. The molecule has 5 nitrogen and oxygen atoms in total. The Bertz CT molecular complexity index is 592. The van der Waals surface area contributed by atoms with Crippen molar-refractivity contribution in [3.8, 4) is 5.75 Å². The second-order valence-corrected chi connectivity index (χ2v) is 6.54. The van der Waals surface area contributed by atoms with Crippen LogP contribution in [0.1, 0.15) is 50.2 Å². The summed E-state index contributed by atoms with van der Waals surface area (Å²) in [4.78, 5) is 24.6. The van der Waals surface area contributed by atoms with Gasteiger partial charge in [0, 0.05) is 6.54 Å². The molecule has 0 unspecified atom stereocenters. The third-order valence-corrected chi connectivity index (χ3v) is 4.68. The van der Waals surface area contributed by atoms with Crippen molar-refractivity contribution >= 4 is 11.8 Å². The van der Waals surface area contributed by atoms with Crippen molar-refractivity contribution in [2.24, 2.45) is 0 Å². The van der Waals surface area contributed by atoms with Crippen molar-refractivity contribution in [3.63, 3.8) is 0 Å². The number of benzene rings is 1. The zero-order valence-corrected chi connectivity index (χ0v) is 14.9. The molecular formula is C19H28N2O3. The quantitative estimate of drug-likeness (QED) is 0.806. The molecule has 132 valence electrons. The van der Waals surface area contributed by atoms with Crippen molar-refractivity contribution < 1.29 is 14.3 Å². The molecule has 0 heterocycles. The normalized spacial score (nSPS) is 15.8. The minimum atomic E-state index is -0.729. The van der Waals surface area contributed by atoms with E-state index in [0.717, 1.165) is 24.2 Å². The Morgan fingerprint density at radius 2 is 1.88 bits per heavy atom. The lowest BCUT2D eigenvalue weighted by Crippen LogP contribution is -2.57. The molecular weight excluding hydrogens is 304 g/mol. The van der Waals surface area contributed by atoms with E-state index in [9.17, 15) is 9.59 Å². The predicted octanol–water partition coefficient (Wildman–Crippen LogP) is 2.64. The third kappa shape index (κ3) is 4.49. The highest BCUT2D eigenvalue weighted by Crippen LogP contribution is 2.30. The summed E-state index contributed by atoms with van der Waals surface area (Å²) in [6, 6.07) is 5.89. The average molecular weight is 332 g/mol. The molecule has 1 aromatic carbocycles. The average Bonchev–Trinajstić information content (AvgIpc) is 3.01. The SMILES string of the molecule is CCNC(=O)C1(NC(=O)CCOc2ccc(C)c(C)c2)CCCC1. The van der Waals surface area contributed by atoms with Crippen molar-refractivity contribution in [2.75, 3.05) is 13.2 Å². The van der Waals surface area contributed by atoms with Crippen LogP contribution in [-0.4, -0.2) is 30.5 Å². The van der Waals surface area contributed by atoms with E-state index in [-0.39, 0.29) is 18.2 Å². The van der Waals surface area contributed by atoms with Crippen LogP contribution in [0.2, 0.25) is 0 Å². The van der Waals surface area contributed by atoms with Gasteiger partial charge in [0.25, 0.3) is 0 Å². The highest BCUT2D eigenvalue weighted by Gasteiger charge is 2.41. The topological polar surface area (TPSA) is 67.4 Å². The molecule has 24 heavy (non-hydrogen) atoms. The van der Waals surface area contributed by atoms with Crippen molar-refractivity contribution in [1.29, 1.82) is 0 Å². The van der Waals surface area contributed by atoms with Crippen LogP contribution in [0.5, 0.6) is 5.75 Å². The Kier molecular flexibility index (Phi) is 6.23. The molecule has 5 heteroatoms. The molecule has 1 aliphatic rings. The molecule has 0 spiro atoms. The second-order valence-electron chi connectivity index (χ2n) is 6.54. The highest BCUT2D eigenvalue weighted by atomic mass is 16.5. The van der Waals surface area contributed by atoms with Crippen molar-refractivity contribution in [3.05, 3.63) is 29.3 Å². The molecule has 0 bridgehead atoms. The van der Waals surface area contributed by atoms with Gasteiger partial charge >= 0.3 is 0 Å². The summed E-state index contributed by atoms with van der Waals surface area (Å²) in [7, 11) is 0. The van der Waals surface area contributed by atoms with Gasteiger partial charge in [0.2, 0.25) is 11.8 Å². The van der Waals surface area contributed by atoms with Crippen LogP contribution in [0.3, 0.4) is 0 Å². The van der Waals surface area contributed by atoms with Crippen molar-refractivity contribution in [1.82, 2.24) is 10.6 Å². The van der Waals surface area contributed by atoms with Gasteiger partial charge in [-0.05, 0) is 56.9 Å². The molecule has 1 aromatic rings. The van der Waals surface area contributed by atoms with Gasteiger partial charge in [-0.2, -0.15) is 0 Å². The molecule has 1 fully saturated rings. The molecule has 2 N–H and O–H groups in total. The fourth-order valence-electron chi connectivity index (χ4n) is 3.11. The van der Waals surface area contributed by atoms with E-state index in [1.807, 2.05) is 32.0 Å². The molecule has 2 amide bonds. The van der Waals surface area contributed by atoms with Crippen LogP contribution < -0.4 is 15.4 Å². The first-order valence-corrected chi connectivity index (χ1v) is 8.76. The van der Waals surface area contributed by atoms with Crippen LogP contribution >= 0.6 is 0 Å². The Balaban J connectivity index is 1.85. The van der Waals surface area contributed by atoms with Crippen LogP contribution in [0, 0.1) is 13.8 Å². The fraction of sp³-hybridized carbons (Fsp3) is 0.579. The molecule has 1 aliphatic carbocycles. The molecule has 0 aliphatic heterocycles. The summed E-state index contributed by atoms with van der Waals surface area (Å²) < 4.78 is 5.66. The summed E-state index contributed by atoms with van der Waals surface area (Å²) >= 11 is 0. The Morgan fingerprint density at radius 3 is 2.50 bits per heavy atom. The lowest BCUT2D eigenvalue weighted by atomic mass is 9.96. The first-order valence-electron chi connectivity index (χ1n) is 8.76. The van der Waals surface area contributed by atoms with Gasteiger partial charge in [0.05, 0.1) is 13.0 Å². The van der Waals surface area contributed by atoms with E-state index >= 15 is 0 Å². The van der Waals surface area contributed by atoms with Gasteiger partial charge in [-0.25, -0.2) is 0 Å². The smallest absolute Gasteiger partial charge is 0.245 e. The zero-order valence-electron chi connectivity index (χ0n) is 14.9. The van der Waals surface area contributed by atoms with Gasteiger partial charge in [-0.3, -0.25) is 9.59 Å². The summed E-state index contributed by atoms with van der Waals surface area (Å²) in [6.07, 6.45) is 3.60. The molecule has 0 aromatic heterocycles. The monoisotopic (exact) mass is 332 g/mol. The summed E-state index contributed by atoms with van der Waals surface area (Å²) in [6.45, 7) is 6.85. The number of aryl methyl sites for hydroxylation is 2. The standard InChI is InChI=1S/C19H28N2O3/c1-4-20-18(23)19(10-5-6-11-19)21-17(22)9-12-24-16-8-7-14(2)15(3)13-16/h7-8,13H,4-6,9-12H2,1-3H3,(H,20,23)(H,21,22). The number of nitrogens with one attached hydrogen (secondary N) is 2. The second kappa shape index (κ2) is 8.18. The number of ether oxygens (including phenoxy) is 1. The maximum atomic E-state index is 12.3. The first-order chi connectivity index (χ1) is 11.5. The maximum absolute atomic E-state index is 12.3. The van der Waals surface area contributed by atoms with Crippen LogP contribution in [0.25, 0.3) is 0 Å². The van der Waals surface area contributed by atoms with Crippen LogP contribution in [0.15, 0.2) is 18.2 Å². The molecule has 0 radical (unpaired) electrons. The number of carbonyl (C=O) groups is 2. The number of hydrogen-bond acceptors (Lipinski definition) is 3. The lowest BCUT2D eigenvalue weighted by molar-refractivity contribution is -0.133. The Labute approximate surface area is 144 Å². The van der Waals surface area contributed by atoms with Crippen LogP contribution in [0.4, 0.5) is 0 Å². The Morgan fingerprint density at radius 1 is 1.17 bits per heavy atom. The van der Waals surface area contributed by atoms with E-state index in [1.165, 1.54) is 5.56 Å². The maximum Gasteiger partial charge on any atom is 0.245 e. The van der Waals surface area contributed by atoms with E-state index in [2.05, 4.69) is 17.6 Å². The van der Waals surface area contributed by atoms with E-state index < -0.39 is 5.54 Å². The summed E-state index contributed by atoms with van der Waals surface area (Å²) in [5.41, 5.74) is 1.65. The minimum Gasteiger partial charge on any atom is -0.493 e. The number of carbonyl (C=O) groups excluding carboxylic acids is 2. The van der Waals surface area contributed by atoms with Crippen molar-refractivity contribution in [2.45, 2.75) is 58.4 Å². The van der Waals surface area contributed by atoms with E-state index in [0.29, 0.717) is 26.0 Å². The molecule has 0 saturated heterocycles. The van der Waals surface area contributed by atoms with Gasteiger partial charge in [-0.1, -0.05) is 18.9 Å². The van der Waals surface area contributed by atoms with Gasteiger partial charge < -0.3 is 15.4 Å². The molecule has 2 rings (SSSR count). The largest absolute Gasteiger partial charge is 0.493 e. The number of rotatable bonds is 7. The predicted molar refractivity (Wildman–Crippen MR) is 94.1 cm³/mol. The van der Waals surface area contributed by atoms with E-state index in [1.54, 1.807) is 0 Å². The Hall–Kier alpha value is -2.04. The summed E-state index contributed by atoms with van der Waals surface area (Å²) in [5, 5.41) is 5.79. The summed E-state index contributed by atoms with van der Waals surface area (Å²) in [5.74, 6) is 0.572. The number of likely N-dealkylation sites (N-methyl/N-ethyl adjacent to an activating group) is 1. The first kappa shape index (κ1) is 18.3. The van der Waals surface area contributed by atoms with Gasteiger partial charge in [0.1, 0.15) is 11.3 Å². The lowest BCUT2D eigenvalue weighted by Gasteiger charge is -2.28. The number of hydrogen-bond donors (Lipinski definition) is 2. The van der Waals surface area contributed by atoms with Gasteiger partial charge in [-0.15, -0.1) is 0 Å². The molecule has 0 atom stereocenters. The van der Waals surface area contributed by atoms with Crippen LogP contribution in [-0.2, 0) is 9.59 Å².